The number of aromatic nitrogens is 2. The minimum Gasteiger partial charge on any atom is -0.294 e. The number of fused-ring (bicyclic) bond motifs is 1. The number of carbonyl (C=O) groups is 2. The number of ketones is 1. The van der Waals surface area contributed by atoms with E-state index < -0.39 is 0 Å². The van der Waals surface area contributed by atoms with Gasteiger partial charge in [0.25, 0.3) is 0 Å². The number of rotatable bonds is 5. The number of anilines is 1. The summed E-state index contributed by atoms with van der Waals surface area (Å²) in [6.07, 6.45) is 3.34. The van der Waals surface area contributed by atoms with Crippen LogP contribution in [-0.4, -0.2) is 21.7 Å². The van der Waals surface area contributed by atoms with Gasteiger partial charge in [-0.3, -0.25) is 14.9 Å². The highest BCUT2D eigenvalue weighted by Gasteiger charge is 2.28. The van der Waals surface area contributed by atoms with Gasteiger partial charge in [0.05, 0.1) is 17.2 Å². The van der Waals surface area contributed by atoms with Gasteiger partial charge in [0.1, 0.15) is 0 Å². The molecule has 1 heterocycles. The van der Waals surface area contributed by atoms with Crippen LogP contribution < -0.4 is 5.32 Å². The Morgan fingerprint density at radius 3 is 2.45 bits per heavy atom. The lowest BCUT2D eigenvalue weighted by molar-refractivity contribution is -0.117. The van der Waals surface area contributed by atoms with E-state index in [-0.39, 0.29) is 29.5 Å². The van der Waals surface area contributed by atoms with Crippen LogP contribution in [0.25, 0.3) is 0 Å². The van der Waals surface area contributed by atoms with Crippen molar-refractivity contribution >= 4 is 17.6 Å². The zero-order valence-electron chi connectivity index (χ0n) is 16.3. The lowest BCUT2D eigenvalue weighted by Crippen LogP contribution is -2.24. The maximum atomic E-state index is 12.8. The van der Waals surface area contributed by atoms with Gasteiger partial charge in [-0.2, -0.15) is 0 Å². The van der Waals surface area contributed by atoms with E-state index in [1.807, 2.05) is 67.6 Å². The Morgan fingerprint density at radius 2 is 1.76 bits per heavy atom. The molecule has 0 aliphatic heterocycles. The van der Waals surface area contributed by atoms with Crippen LogP contribution in [-0.2, 0) is 11.2 Å². The fourth-order valence-corrected chi connectivity index (χ4v) is 3.92. The van der Waals surface area contributed by atoms with E-state index in [2.05, 4.69) is 15.3 Å². The summed E-state index contributed by atoms with van der Waals surface area (Å²) in [4.78, 5) is 34.1. The Hall–Kier alpha value is -3.34. The number of nitrogens with zero attached hydrogens (tertiary/aromatic N) is 2. The Labute approximate surface area is 170 Å². The van der Waals surface area contributed by atoms with E-state index >= 15 is 0 Å². The minimum absolute atomic E-state index is 0.0497. The molecule has 1 amide bonds. The van der Waals surface area contributed by atoms with Crippen LogP contribution in [0.5, 0.6) is 0 Å². The molecule has 29 heavy (non-hydrogen) atoms. The second kappa shape index (κ2) is 8.35. The van der Waals surface area contributed by atoms with Gasteiger partial charge in [0.15, 0.2) is 5.78 Å². The van der Waals surface area contributed by atoms with Crippen molar-refractivity contribution in [2.24, 2.45) is 0 Å². The summed E-state index contributed by atoms with van der Waals surface area (Å²) >= 11 is 0. The van der Waals surface area contributed by atoms with Crippen LogP contribution in [0, 0.1) is 0 Å². The average Bonchev–Trinajstić information content (AvgIpc) is 2.75. The molecule has 1 aliphatic rings. The first kappa shape index (κ1) is 19.0. The summed E-state index contributed by atoms with van der Waals surface area (Å²) in [5.41, 5.74) is 3.36. The molecular weight excluding hydrogens is 362 g/mol. The zero-order chi connectivity index (χ0) is 20.2. The van der Waals surface area contributed by atoms with Crippen LogP contribution in [0.15, 0.2) is 66.9 Å². The molecule has 5 nitrogen and oxygen atoms in total. The van der Waals surface area contributed by atoms with Gasteiger partial charge in [0, 0.05) is 12.6 Å². The van der Waals surface area contributed by atoms with E-state index in [0.29, 0.717) is 30.5 Å². The van der Waals surface area contributed by atoms with Crippen molar-refractivity contribution in [1.29, 1.82) is 0 Å². The van der Waals surface area contributed by atoms with Crippen molar-refractivity contribution < 1.29 is 9.59 Å². The number of carbonyl (C=O) groups excluding carboxylic acids is 2. The molecule has 2 aromatic carbocycles. The molecule has 0 fully saturated rings. The Kier molecular flexibility index (Phi) is 5.47. The van der Waals surface area contributed by atoms with Gasteiger partial charge < -0.3 is 0 Å². The van der Waals surface area contributed by atoms with Crippen LogP contribution in [0.1, 0.15) is 58.8 Å². The maximum Gasteiger partial charge on any atom is 0.234 e. The third-order valence-electron chi connectivity index (χ3n) is 5.47. The fraction of sp³-hybridized carbons (Fsp3) is 0.250. The maximum absolute atomic E-state index is 12.8. The van der Waals surface area contributed by atoms with Crippen molar-refractivity contribution in [2.75, 3.05) is 5.32 Å². The van der Waals surface area contributed by atoms with Crippen molar-refractivity contribution in [3.8, 4) is 0 Å². The van der Waals surface area contributed by atoms with E-state index in [1.165, 1.54) is 0 Å². The number of Topliss-reactive ketones (excluding diaryl/α,β-unsaturated/α-hetero) is 1. The predicted molar refractivity (Wildman–Crippen MR) is 112 cm³/mol. The van der Waals surface area contributed by atoms with E-state index in [0.717, 1.165) is 11.1 Å². The SMILES string of the molecule is CC[C@@H](C(=O)Nc1ncc2c(n1)C[C@@H](c1ccccc1)CC2=O)c1ccccc1. The molecule has 1 N–H and O–H groups in total. The molecule has 1 aliphatic carbocycles. The molecule has 1 aromatic heterocycles. The molecule has 0 radical (unpaired) electrons. The molecule has 3 aromatic rings. The van der Waals surface area contributed by atoms with Gasteiger partial charge in [-0.05, 0) is 29.9 Å². The molecular formula is C24H23N3O2. The van der Waals surface area contributed by atoms with Crippen molar-refractivity contribution in [2.45, 2.75) is 38.0 Å². The molecule has 5 heteroatoms. The molecule has 0 spiro atoms. The van der Waals surface area contributed by atoms with E-state index in [4.69, 9.17) is 0 Å². The lowest BCUT2D eigenvalue weighted by atomic mass is 9.82. The molecule has 4 rings (SSSR count). The highest BCUT2D eigenvalue weighted by Crippen LogP contribution is 2.32. The van der Waals surface area contributed by atoms with E-state index in [9.17, 15) is 9.59 Å². The molecule has 146 valence electrons. The Balaban J connectivity index is 1.55. The van der Waals surface area contributed by atoms with Crippen LogP contribution >= 0.6 is 0 Å². The smallest absolute Gasteiger partial charge is 0.234 e. The first-order valence-corrected chi connectivity index (χ1v) is 9.95. The van der Waals surface area contributed by atoms with Crippen LogP contribution in [0.2, 0.25) is 0 Å². The lowest BCUT2D eigenvalue weighted by Gasteiger charge is -2.23. The predicted octanol–water partition coefficient (Wildman–Crippen LogP) is 4.52. The van der Waals surface area contributed by atoms with Gasteiger partial charge >= 0.3 is 0 Å². The first-order chi connectivity index (χ1) is 14.2. The number of nitrogens with one attached hydrogen (secondary N) is 1. The Bertz CT molecular complexity index is 1020. The van der Waals surface area contributed by atoms with Crippen molar-refractivity contribution in [1.82, 2.24) is 9.97 Å². The summed E-state index contributed by atoms with van der Waals surface area (Å²) in [6, 6.07) is 19.7. The number of hydrogen-bond donors (Lipinski definition) is 1. The standard InChI is InChI=1S/C24H23N3O2/c1-2-19(17-11-7-4-8-12-17)23(29)27-24-25-15-20-21(26-24)13-18(14-22(20)28)16-9-5-3-6-10-16/h3-12,15,18-19H,2,13-14H2,1H3,(H,25,26,27,29)/t18-,19-/m1/s1. The molecule has 0 saturated carbocycles. The summed E-state index contributed by atoms with van der Waals surface area (Å²) in [5, 5.41) is 2.84. The van der Waals surface area contributed by atoms with Gasteiger partial charge in [-0.1, -0.05) is 67.6 Å². The van der Waals surface area contributed by atoms with Gasteiger partial charge in [-0.25, -0.2) is 9.97 Å². The zero-order valence-corrected chi connectivity index (χ0v) is 16.3. The number of benzene rings is 2. The third kappa shape index (κ3) is 4.09. The topological polar surface area (TPSA) is 72.0 Å². The van der Waals surface area contributed by atoms with Crippen molar-refractivity contribution in [3.05, 3.63) is 89.2 Å². The highest BCUT2D eigenvalue weighted by molar-refractivity contribution is 5.99. The van der Waals surface area contributed by atoms with Gasteiger partial charge in [-0.15, -0.1) is 0 Å². The largest absolute Gasteiger partial charge is 0.294 e. The Morgan fingerprint density at radius 1 is 1.07 bits per heavy atom. The average molecular weight is 385 g/mol. The highest BCUT2D eigenvalue weighted by atomic mass is 16.2. The summed E-state index contributed by atoms with van der Waals surface area (Å²) < 4.78 is 0. The normalized spacial score (nSPS) is 16.7. The molecule has 2 atom stereocenters. The van der Waals surface area contributed by atoms with Gasteiger partial charge in [0.2, 0.25) is 11.9 Å². The monoisotopic (exact) mass is 385 g/mol. The molecule has 0 unspecified atom stereocenters. The third-order valence-corrected chi connectivity index (χ3v) is 5.47. The summed E-state index contributed by atoms with van der Waals surface area (Å²) in [7, 11) is 0. The molecule has 0 bridgehead atoms. The first-order valence-electron chi connectivity index (χ1n) is 9.95. The molecule has 0 saturated heterocycles. The summed E-state index contributed by atoms with van der Waals surface area (Å²) in [6.45, 7) is 1.98. The number of amides is 1. The quantitative estimate of drug-likeness (QED) is 0.701. The van der Waals surface area contributed by atoms with Crippen LogP contribution in [0.4, 0.5) is 5.95 Å². The number of hydrogen-bond acceptors (Lipinski definition) is 4. The summed E-state index contributed by atoms with van der Waals surface area (Å²) in [5.74, 6) is -0.00405. The van der Waals surface area contributed by atoms with Crippen LogP contribution in [0.3, 0.4) is 0 Å². The van der Waals surface area contributed by atoms with E-state index in [1.54, 1.807) is 6.20 Å². The second-order valence-electron chi connectivity index (χ2n) is 7.35. The van der Waals surface area contributed by atoms with Crippen molar-refractivity contribution in [3.63, 3.8) is 0 Å². The minimum atomic E-state index is -0.269. The fourth-order valence-electron chi connectivity index (χ4n) is 3.92. The second-order valence-corrected chi connectivity index (χ2v) is 7.35.